The quantitative estimate of drug-likeness (QED) is 0.803. The van der Waals surface area contributed by atoms with Crippen LogP contribution in [0.15, 0.2) is 37.3 Å². The van der Waals surface area contributed by atoms with Crippen LogP contribution >= 0.6 is 0 Å². The summed E-state index contributed by atoms with van der Waals surface area (Å²) >= 11 is 0. The van der Waals surface area contributed by atoms with Gasteiger partial charge in [-0.15, -0.1) is 0 Å². The molecule has 3 nitrogen and oxygen atoms in total. The summed E-state index contributed by atoms with van der Waals surface area (Å²) in [6.07, 6.45) is 8.44. The van der Waals surface area contributed by atoms with E-state index < -0.39 is 0 Å². The van der Waals surface area contributed by atoms with Crippen LogP contribution in [0.3, 0.4) is 0 Å². The highest BCUT2D eigenvalue weighted by Gasteiger charge is 2.02. The fourth-order valence-electron chi connectivity index (χ4n) is 1.71. The predicted molar refractivity (Wildman–Crippen MR) is 70.0 cm³/mol. The molecule has 2 rings (SSSR count). The number of hydrogen-bond donors (Lipinski definition) is 0. The number of rotatable bonds is 4. The van der Waals surface area contributed by atoms with E-state index in [0.717, 1.165) is 17.8 Å². The average Bonchev–Trinajstić information content (AvgIpc) is 2.78. The van der Waals surface area contributed by atoms with Gasteiger partial charge < -0.3 is 0 Å². The molecule has 0 amide bonds. The van der Waals surface area contributed by atoms with Gasteiger partial charge in [-0.1, -0.05) is 32.6 Å². The Kier molecular flexibility index (Phi) is 3.38. The van der Waals surface area contributed by atoms with Gasteiger partial charge in [-0.05, 0) is 24.0 Å². The van der Waals surface area contributed by atoms with E-state index in [-0.39, 0.29) is 0 Å². The minimum absolute atomic E-state index is 0.653. The van der Waals surface area contributed by atoms with Crippen LogP contribution in [0.5, 0.6) is 0 Å². The summed E-state index contributed by atoms with van der Waals surface area (Å²) in [7, 11) is 0. The van der Waals surface area contributed by atoms with Crippen molar-refractivity contribution in [2.75, 3.05) is 0 Å². The molecule has 0 spiro atoms. The highest BCUT2D eigenvalue weighted by Crippen LogP contribution is 2.10. The summed E-state index contributed by atoms with van der Waals surface area (Å²) in [6, 6.07) is 4.11. The number of nitrogens with zero attached hydrogens (tertiary/aromatic N) is 3. The Bertz CT molecular complexity index is 494. The molecule has 0 saturated heterocycles. The molecule has 0 aliphatic carbocycles. The maximum atomic E-state index is 4.42. The van der Waals surface area contributed by atoms with E-state index in [1.165, 1.54) is 5.56 Å². The molecule has 17 heavy (non-hydrogen) atoms. The smallest absolute Gasteiger partial charge is 0.153 e. The first-order chi connectivity index (χ1) is 8.19. The summed E-state index contributed by atoms with van der Waals surface area (Å²) in [4.78, 5) is 4.42. The zero-order valence-corrected chi connectivity index (χ0v) is 10.3. The fraction of sp³-hybridized carbons (Fsp3) is 0.286. The highest BCUT2D eigenvalue weighted by molar-refractivity contribution is 5.44. The standard InChI is InChI=1S/C14H17N3/c1-4-12-9-16-17(10-12)14-6-5-13(8-15-14)7-11(2)3/h4-6,8-11H,1,7H2,2-3H3. The van der Waals surface area contributed by atoms with Crippen molar-refractivity contribution in [3.05, 3.63) is 48.4 Å². The second-order valence-electron chi connectivity index (χ2n) is 4.54. The minimum Gasteiger partial charge on any atom is -0.237 e. The lowest BCUT2D eigenvalue weighted by Crippen LogP contribution is -2.00. The number of hydrogen-bond acceptors (Lipinski definition) is 2. The average molecular weight is 227 g/mol. The summed E-state index contributed by atoms with van der Waals surface area (Å²) in [5.74, 6) is 1.49. The molecule has 0 aliphatic rings. The van der Waals surface area contributed by atoms with Crippen LogP contribution in [0.25, 0.3) is 11.9 Å². The molecule has 2 aromatic heterocycles. The lowest BCUT2D eigenvalue weighted by Gasteiger charge is -2.05. The van der Waals surface area contributed by atoms with Crippen LogP contribution in [0.1, 0.15) is 25.0 Å². The molecular weight excluding hydrogens is 210 g/mol. The van der Waals surface area contributed by atoms with Crippen molar-refractivity contribution in [3.8, 4) is 5.82 Å². The molecule has 88 valence electrons. The van der Waals surface area contributed by atoms with E-state index >= 15 is 0 Å². The molecule has 0 saturated carbocycles. The number of aromatic nitrogens is 3. The van der Waals surface area contributed by atoms with Crippen molar-refractivity contribution in [1.29, 1.82) is 0 Å². The molecule has 0 bridgehead atoms. The molecule has 2 heterocycles. The SMILES string of the molecule is C=Cc1cnn(-c2ccc(CC(C)C)cn2)c1. The Morgan fingerprint density at radius 1 is 1.35 bits per heavy atom. The van der Waals surface area contributed by atoms with Crippen molar-refractivity contribution < 1.29 is 0 Å². The predicted octanol–water partition coefficient (Wildman–Crippen LogP) is 3.11. The molecule has 0 aromatic carbocycles. The monoisotopic (exact) mass is 227 g/mol. The Labute approximate surface area is 102 Å². The van der Waals surface area contributed by atoms with Gasteiger partial charge in [-0.2, -0.15) is 5.10 Å². The molecule has 0 atom stereocenters. The van der Waals surface area contributed by atoms with E-state index in [9.17, 15) is 0 Å². The minimum atomic E-state index is 0.653. The molecular formula is C14H17N3. The maximum absolute atomic E-state index is 4.42. The zero-order valence-electron chi connectivity index (χ0n) is 10.3. The van der Waals surface area contributed by atoms with E-state index in [1.807, 2.05) is 18.5 Å². The van der Waals surface area contributed by atoms with Crippen LogP contribution in [0.2, 0.25) is 0 Å². The Balaban J connectivity index is 2.19. The molecule has 2 aromatic rings. The van der Waals surface area contributed by atoms with Gasteiger partial charge in [0.25, 0.3) is 0 Å². The molecule has 3 heteroatoms. The van der Waals surface area contributed by atoms with Gasteiger partial charge >= 0.3 is 0 Å². The van der Waals surface area contributed by atoms with Crippen molar-refractivity contribution in [1.82, 2.24) is 14.8 Å². The molecule has 0 N–H and O–H groups in total. The van der Waals surface area contributed by atoms with Gasteiger partial charge in [0.1, 0.15) is 0 Å². The van der Waals surface area contributed by atoms with Crippen LogP contribution in [-0.2, 0) is 6.42 Å². The van der Waals surface area contributed by atoms with Crippen LogP contribution in [0, 0.1) is 5.92 Å². The second kappa shape index (κ2) is 4.95. The van der Waals surface area contributed by atoms with E-state index in [0.29, 0.717) is 5.92 Å². The third-order valence-electron chi connectivity index (χ3n) is 2.53. The summed E-state index contributed by atoms with van der Waals surface area (Å²) in [6.45, 7) is 8.12. The van der Waals surface area contributed by atoms with Gasteiger partial charge in [0.05, 0.1) is 6.20 Å². The first-order valence-electron chi connectivity index (χ1n) is 5.81. The summed E-state index contributed by atoms with van der Waals surface area (Å²) < 4.78 is 1.76. The highest BCUT2D eigenvalue weighted by atomic mass is 15.3. The normalized spacial score (nSPS) is 10.8. The van der Waals surface area contributed by atoms with Crippen molar-refractivity contribution in [3.63, 3.8) is 0 Å². The largest absolute Gasteiger partial charge is 0.237 e. The molecule has 0 radical (unpaired) electrons. The maximum Gasteiger partial charge on any atom is 0.153 e. The van der Waals surface area contributed by atoms with Gasteiger partial charge in [0.2, 0.25) is 0 Å². The Morgan fingerprint density at radius 2 is 2.18 bits per heavy atom. The van der Waals surface area contributed by atoms with Crippen LogP contribution in [-0.4, -0.2) is 14.8 Å². The van der Waals surface area contributed by atoms with Gasteiger partial charge in [0, 0.05) is 18.0 Å². The van der Waals surface area contributed by atoms with E-state index in [4.69, 9.17) is 0 Å². The molecule has 0 fully saturated rings. The van der Waals surface area contributed by atoms with Crippen molar-refractivity contribution >= 4 is 6.08 Å². The lowest BCUT2D eigenvalue weighted by atomic mass is 10.1. The third-order valence-corrected chi connectivity index (χ3v) is 2.53. The summed E-state index contributed by atoms with van der Waals surface area (Å²) in [5.41, 5.74) is 2.26. The van der Waals surface area contributed by atoms with E-state index in [1.54, 1.807) is 17.0 Å². The first kappa shape index (κ1) is 11.6. The van der Waals surface area contributed by atoms with Gasteiger partial charge in [0.15, 0.2) is 5.82 Å². The van der Waals surface area contributed by atoms with Crippen LogP contribution < -0.4 is 0 Å². The van der Waals surface area contributed by atoms with Gasteiger partial charge in [-0.25, -0.2) is 9.67 Å². The number of pyridine rings is 1. The second-order valence-corrected chi connectivity index (χ2v) is 4.54. The lowest BCUT2D eigenvalue weighted by molar-refractivity contribution is 0.645. The third kappa shape index (κ3) is 2.81. The Morgan fingerprint density at radius 3 is 2.71 bits per heavy atom. The van der Waals surface area contributed by atoms with E-state index in [2.05, 4.69) is 36.6 Å². The van der Waals surface area contributed by atoms with Crippen molar-refractivity contribution in [2.45, 2.75) is 20.3 Å². The summed E-state index contributed by atoms with van der Waals surface area (Å²) in [5, 5.41) is 4.23. The Hall–Kier alpha value is -1.90. The van der Waals surface area contributed by atoms with Crippen LogP contribution in [0.4, 0.5) is 0 Å². The fourth-order valence-corrected chi connectivity index (χ4v) is 1.71. The van der Waals surface area contributed by atoms with Crippen molar-refractivity contribution in [2.24, 2.45) is 5.92 Å². The van der Waals surface area contributed by atoms with Gasteiger partial charge in [-0.3, -0.25) is 0 Å². The molecule has 0 aliphatic heterocycles. The first-order valence-corrected chi connectivity index (χ1v) is 5.81. The molecule has 0 unspecified atom stereocenters. The topological polar surface area (TPSA) is 30.7 Å². The zero-order chi connectivity index (χ0) is 12.3.